The molecule has 1 unspecified atom stereocenters. The molecule has 250 valence electrons. The zero-order valence-corrected chi connectivity index (χ0v) is 29.2. The highest BCUT2D eigenvalue weighted by molar-refractivity contribution is 7.79. The molecule has 6 heteroatoms. The molecule has 0 aromatic rings. The zero-order valence-electron chi connectivity index (χ0n) is 28.4. The average molecular weight is 606 g/mol. The van der Waals surface area contributed by atoms with E-state index in [4.69, 9.17) is 17.5 Å². The first-order chi connectivity index (χ1) is 19.8. The summed E-state index contributed by atoms with van der Waals surface area (Å²) in [5.41, 5.74) is 0. The van der Waals surface area contributed by atoms with E-state index in [-0.39, 0.29) is 0 Å². The van der Waals surface area contributed by atoms with Gasteiger partial charge in [-0.3, -0.25) is 9.11 Å². The van der Waals surface area contributed by atoms with Crippen molar-refractivity contribution in [3.8, 4) is 0 Å². The van der Waals surface area contributed by atoms with Crippen LogP contribution in [0.15, 0.2) is 0 Å². The van der Waals surface area contributed by atoms with Gasteiger partial charge in [0.05, 0.1) is 0 Å². The van der Waals surface area contributed by atoms with Gasteiger partial charge < -0.3 is 4.90 Å². The van der Waals surface area contributed by atoms with Gasteiger partial charge in [-0.1, -0.05) is 188 Å². The second kappa shape index (κ2) is 34.3. The Morgan fingerprint density at radius 2 is 0.732 bits per heavy atom. The lowest BCUT2D eigenvalue weighted by Crippen LogP contribution is -2.35. The van der Waals surface area contributed by atoms with Gasteiger partial charge in [0.15, 0.2) is 0 Å². The molecule has 0 aromatic carbocycles. The summed E-state index contributed by atoms with van der Waals surface area (Å²) in [6.07, 6.45) is 40.7. The van der Waals surface area contributed by atoms with Gasteiger partial charge in [0, 0.05) is 6.04 Å². The van der Waals surface area contributed by atoms with E-state index in [1.54, 1.807) is 0 Å². The molecule has 0 aromatic heterocycles. The lowest BCUT2D eigenvalue weighted by Gasteiger charge is -2.30. The van der Waals surface area contributed by atoms with Crippen molar-refractivity contribution in [1.29, 1.82) is 0 Å². The minimum atomic E-state index is -4.67. The van der Waals surface area contributed by atoms with E-state index in [2.05, 4.69) is 32.6 Å². The van der Waals surface area contributed by atoms with E-state index in [0.29, 0.717) is 0 Å². The van der Waals surface area contributed by atoms with Crippen LogP contribution in [0.2, 0.25) is 0 Å². The molecule has 0 spiro atoms. The molecule has 0 aliphatic carbocycles. The van der Waals surface area contributed by atoms with Gasteiger partial charge in [0.2, 0.25) is 0 Å². The standard InChI is InChI=1S/C35H73N.H2O4S/c1-5-9-11-13-15-17-19-20-21-22-23-24-25-27-29-31-33-35(7-3)36(8-4)34-32-30-28-26-18-16-14-12-10-6-2;1-5(2,3)4/h35H,5-34H2,1-4H3;(H2,1,2,3,4). The molecule has 5 nitrogen and oxygen atoms in total. The van der Waals surface area contributed by atoms with Crippen molar-refractivity contribution in [2.24, 2.45) is 0 Å². The maximum absolute atomic E-state index is 8.74. The fourth-order valence-electron chi connectivity index (χ4n) is 5.97. The van der Waals surface area contributed by atoms with Crippen LogP contribution in [0.5, 0.6) is 0 Å². The van der Waals surface area contributed by atoms with Crippen molar-refractivity contribution in [1.82, 2.24) is 4.90 Å². The van der Waals surface area contributed by atoms with Crippen molar-refractivity contribution >= 4 is 10.4 Å². The van der Waals surface area contributed by atoms with Crippen molar-refractivity contribution < 1.29 is 17.5 Å². The molecule has 0 aliphatic rings. The maximum Gasteiger partial charge on any atom is 0.394 e. The molecule has 0 saturated heterocycles. The largest absolute Gasteiger partial charge is 0.394 e. The Bertz CT molecular complexity index is 577. The topological polar surface area (TPSA) is 77.8 Å². The SMILES string of the molecule is CCCCCCCCCCCCCCCCCCC(CC)N(CC)CCCCCCCCCCCC.O=S(=O)(O)O. The molecule has 0 rings (SSSR count). The summed E-state index contributed by atoms with van der Waals surface area (Å²) in [5.74, 6) is 0. The highest BCUT2D eigenvalue weighted by Gasteiger charge is 2.14. The zero-order chi connectivity index (χ0) is 30.9. The first-order valence-electron chi connectivity index (χ1n) is 18.2. The van der Waals surface area contributed by atoms with Crippen molar-refractivity contribution in [2.45, 2.75) is 214 Å². The van der Waals surface area contributed by atoms with Crippen LogP contribution in [-0.4, -0.2) is 41.6 Å². The lowest BCUT2D eigenvalue weighted by atomic mass is 10.0. The monoisotopic (exact) mass is 606 g/mol. The predicted octanol–water partition coefficient (Wildman–Crippen LogP) is 12.0. The predicted molar refractivity (Wildman–Crippen MR) is 182 cm³/mol. The van der Waals surface area contributed by atoms with Gasteiger partial charge in [-0.15, -0.1) is 0 Å². The van der Waals surface area contributed by atoms with Gasteiger partial charge in [0.25, 0.3) is 0 Å². The van der Waals surface area contributed by atoms with Crippen molar-refractivity contribution in [3.63, 3.8) is 0 Å². The molecule has 0 amide bonds. The number of hydrogen-bond donors (Lipinski definition) is 2. The van der Waals surface area contributed by atoms with Gasteiger partial charge in [0.1, 0.15) is 0 Å². The molecule has 0 radical (unpaired) electrons. The Morgan fingerprint density at radius 3 is 1.00 bits per heavy atom. The Hall–Kier alpha value is -0.170. The van der Waals surface area contributed by atoms with E-state index in [1.807, 2.05) is 0 Å². The molecule has 1 atom stereocenters. The van der Waals surface area contributed by atoms with E-state index < -0.39 is 10.4 Å². The fraction of sp³-hybridized carbons (Fsp3) is 1.00. The summed E-state index contributed by atoms with van der Waals surface area (Å²) < 4.78 is 31.6. The van der Waals surface area contributed by atoms with Gasteiger partial charge in [-0.05, 0) is 32.4 Å². The van der Waals surface area contributed by atoms with Crippen molar-refractivity contribution in [3.05, 3.63) is 0 Å². The number of hydrogen-bond acceptors (Lipinski definition) is 3. The molecule has 0 aliphatic heterocycles. The van der Waals surface area contributed by atoms with Gasteiger partial charge >= 0.3 is 10.4 Å². The van der Waals surface area contributed by atoms with E-state index in [9.17, 15) is 0 Å². The van der Waals surface area contributed by atoms with Crippen LogP contribution >= 0.6 is 0 Å². The van der Waals surface area contributed by atoms with Crippen LogP contribution in [-0.2, 0) is 10.4 Å². The summed E-state index contributed by atoms with van der Waals surface area (Å²) in [4.78, 5) is 2.80. The van der Waals surface area contributed by atoms with Crippen LogP contribution < -0.4 is 0 Å². The normalized spacial score (nSPS) is 12.5. The Morgan fingerprint density at radius 1 is 0.463 bits per heavy atom. The van der Waals surface area contributed by atoms with Crippen LogP contribution in [0.1, 0.15) is 207 Å². The molecule has 41 heavy (non-hydrogen) atoms. The second-order valence-electron chi connectivity index (χ2n) is 12.4. The third-order valence-corrected chi connectivity index (χ3v) is 8.58. The van der Waals surface area contributed by atoms with Crippen LogP contribution in [0, 0.1) is 0 Å². The number of rotatable bonds is 31. The van der Waals surface area contributed by atoms with Crippen molar-refractivity contribution in [2.75, 3.05) is 13.1 Å². The summed E-state index contributed by atoms with van der Waals surface area (Å²) in [6.45, 7) is 12.0. The smallest absolute Gasteiger partial charge is 0.301 e. The first-order valence-corrected chi connectivity index (χ1v) is 19.6. The Balaban J connectivity index is 0. The Labute approximate surface area is 259 Å². The molecule has 0 fully saturated rings. The second-order valence-corrected chi connectivity index (χ2v) is 13.3. The molecular formula is C35H75NO4S. The number of unbranched alkanes of at least 4 members (excludes halogenated alkanes) is 24. The lowest BCUT2D eigenvalue weighted by molar-refractivity contribution is 0.183. The fourth-order valence-corrected chi connectivity index (χ4v) is 5.97. The highest BCUT2D eigenvalue weighted by Crippen LogP contribution is 2.18. The van der Waals surface area contributed by atoms with Crippen LogP contribution in [0.25, 0.3) is 0 Å². The molecule has 2 N–H and O–H groups in total. The summed E-state index contributed by atoms with van der Waals surface area (Å²) >= 11 is 0. The Kier molecular flexibility index (Phi) is 36.0. The number of nitrogens with zero attached hydrogens (tertiary/aromatic N) is 1. The summed E-state index contributed by atoms with van der Waals surface area (Å²) in [5, 5.41) is 0. The highest BCUT2D eigenvalue weighted by atomic mass is 32.3. The molecular weight excluding hydrogens is 530 g/mol. The third kappa shape index (κ3) is 39.8. The third-order valence-electron chi connectivity index (χ3n) is 8.58. The molecule has 0 bridgehead atoms. The van der Waals surface area contributed by atoms with Gasteiger partial charge in [-0.25, -0.2) is 0 Å². The molecule has 0 saturated carbocycles. The van der Waals surface area contributed by atoms with E-state index in [0.717, 1.165) is 6.04 Å². The van der Waals surface area contributed by atoms with E-state index >= 15 is 0 Å². The van der Waals surface area contributed by atoms with Crippen LogP contribution in [0.3, 0.4) is 0 Å². The summed E-state index contributed by atoms with van der Waals surface area (Å²) in [6, 6.07) is 0.834. The maximum atomic E-state index is 8.74. The first kappa shape index (κ1) is 43.0. The van der Waals surface area contributed by atoms with E-state index in [1.165, 1.54) is 193 Å². The summed E-state index contributed by atoms with van der Waals surface area (Å²) in [7, 11) is -4.67. The minimum Gasteiger partial charge on any atom is -0.301 e. The van der Waals surface area contributed by atoms with Gasteiger partial charge in [-0.2, -0.15) is 8.42 Å². The quantitative estimate of drug-likeness (QED) is 0.0607. The molecule has 0 heterocycles. The van der Waals surface area contributed by atoms with Crippen LogP contribution in [0.4, 0.5) is 0 Å². The minimum absolute atomic E-state index is 0.834. The average Bonchev–Trinajstić information content (AvgIpc) is 2.93.